The van der Waals surface area contributed by atoms with E-state index in [-0.39, 0.29) is 17.7 Å². The highest BCUT2D eigenvalue weighted by Crippen LogP contribution is 2.04. The fourth-order valence-corrected chi connectivity index (χ4v) is 1.76. The molecule has 2 amide bonds. The topological polar surface area (TPSA) is 78.4 Å². The monoisotopic (exact) mass is 292 g/mol. The molecule has 2 atom stereocenters. The molecule has 0 bridgehead atoms. The number of benzene rings is 1. The summed E-state index contributed by atoms with van der Waals surface area (Å²) in [5, 5.41) is 15.0. The third-order valence-corrected chi connectivity index (χ3v) is 3.29. The third kappa shape index (κ3) is 5.95. The van der Waals surface area contributed by atoms with E-state index in [0.29, 0.717) is 18.5 Å². The molecule has 0 saturated heterocycles. The molecule has 0 aliphatic heterocycles. The average molecular weight is 292 g/mol. The summed E-state index contributed by atoms with van der Waals surface area (Å²) in [6.07, 6.45) is 0.0717. The normalized spacial score (nSPS) is 13.6. The lowest BCUT2D eigenvalue weighted by atomic mass is 10.0. The highest BCUT2D eigenvalue weighted by molar-refractivity contribution is 5.97. The Balaban J connectivity index is 2.36. The molecule has 0 aromatic heterocycles. The summed E-state index contributed by atoms with van der Waals surface area (Å²) in [5.74, 6) is -0.368. The number of hydrogen-bond acceptors (Lipinski definition) is 3. The lowest BCUT2D eigenvalue weighted by molar-refractivity contribution is -0.122. The summed E-state index contributed by atoms with van der Waals surface area (Å²) in [6.45, 7) is 5.88. The van der Waals surface area contributed by atoms with Crippen molar-refractivity contribution in [1.82, 2.24) is 10.6 Å². The fourth-order valence-electron chi connectivity index (χ4n) is 1.76. The highest BCUT2D eigenvalue weighted by atomic mass is 16.3. The van der Waals surface area contributed by atoms with E-state index >= 15 is 0 Å². The summed E-state index contributed by atoms with van der Waals surface area (Å²) in [7, 11) is 0. The molecule has 1 aromatic rings. The third-order valence-electron chi connectivity index (χ3n) is 3.29. The van der Waals surface area contributed by atoms with Crippen LogP contribution in [0.25, 0.3) is 0 Å². The minimum atomic E-state index is -0.617. The molecule has 1 aromatic carbocycles. The largest absolute Gasteiger partial charge is 0.393 e. The van der Waals surface area contributed by atoms with E-state index in [1.165, 1.54) is 0 Å². The first-order chi connectivity index (χ1) is 9.91. The van der Waals surface area contributed by atoms with Gasteiger partial charge in [-0.15, -0.1) is 0 Å². The van der Waals surface area contributed by atoms with Crippen LogP contribution in [0.2, 0.25) is 0 Å². The van der Waals surface area contributed by atoms with Gasteiger partial charge in [0.2, 0.25) is 5.91 Å². The number of rotatable bonds is 7. The van der Waals surface area contributed by atoms with Gasteiger partial charge in [0.15, 0.2) is 0 Å². The van der Waals surface area contributed by atoms with Gasteiger partial charge in [0.1, 0.15) is 6.04 Å². The Morgan fingerprint density at radius 1 is 1.14 bits per heavy atom. The van der Waals surface area contributed by atoms with E-state index < -0.39 is 12.1 Å². The van der Waals surface area contributed by atoms with Crippen molar-refractivity contribution >= 4 is 11.8 Å². The van der Waals surface area contributed by atoms with E-state index in [0.717, 1.165) is 0 Å². The van der Waals surface area contributed by atoms with Crippen molar-refractivity contribution in [3.63, 3.8) is 0 Å². The van der Waals surface area contributed by atoms with Crippen LogP contribution >= 0.6 is 0 Å². The molecule has 0 spiro atoms. The Morgan fingerprint density at radius 2 is 1.76 bits per heavy atom. The molecule has 0 heterocycles. The van der Waals surface area contributed by atoms with Gasteiger partial charge >= 0.3 is 0 Å². The van der Waals surface area contributed by atoms with Crippen molar-refractivity contribution < 1.29 is 14.7 Å². The van der Waals surface area contributed by atoms with Crippen molar-refractivity contribution in [2.45, 2.75) is 39.3 Å². The van der Waals surface area contributed by atoms with E-state index in [9.17, 15) is 14.7 Å². The molecule has 0 fully saturated rings. The Kier molecular flexibility index (Phi) is 6.88. The molecule has 5 heteroatoms. The number of nitrogens with one attached hydrogen (secondary N) is 2. The molecular weight excluding hydrogens is 268 g/mol. The zero-order chi connectivity index (χ0) is 15.8. The fraction of sp³-hybridized carbons (Fsp3) is 0.500. The quantitative estimate of drug-likeness (QED) is 0.709. The number of hydrogen-bond donors (Lipinski definition) is 3. The van der Waals surface area contributed by atoms with Gasteiger partial charge in [0, 0.05) is 12.1 Å². The zero-order valence-electron chi connectivity index (χ0n) is 12.8. The lowest BCUT2D eigenvalue weighted by Crippen LogP contribution is -2.45. The van der Waals surface area contributed by atoms with Gasteiger partial charge < -0.3 is 15.7 Å². The number of aliphatic hydroxyl groups is 1. The SMILES string of the molecule is CC(NC(=O)c1ccccc1)C(=O)NCCC(O)C(C)C. The second-order valence-corrected chi connectivity index (χ2v) is 5.45. The predicted octanol–water partition coefficient (Wildman–Crippen LogP) is 1.33. The molecule has 0 radical (unpaired) electrons. The van der Waals surface area contributed by atoms with Crippen LogP contribution in [0.1, 0.15) is 37.6 Å². The standard InChI is InChI=1S/C16H24N2O3/c1-11(2)14(19)9-10-17-15(20)12(3)18-16(21)13-7-5-4-6-8-13/h4-8,11-12,14,19H,9-10H2,1-3H3,(H,17,20)(H,18,21). The van der Waals surface area contributed by atoms with Crippen molar-refractivity contribution in [3.8, 4) is 0 Å². The summed E-state index contributed by atoms with van der Waals surface area (Å²) in [5.41, 5.74) is 0.521. The van der Waals surface area contributed by atoms with Crippen molar-refractivity contribution in [1.29, 1.82) is 0 Å². The molecule has 5 nitrogen and oxygen atoms in total. The van der Waals surface area contributed by atoms with Crippen LogP contribution in [0.3, 0.4) is 0 Å². The minimum Gasteiger partial charge on any atom is -0.393 e. The van der Waals surface area contributed by atoms with Crippen LogP contribution < -0.4 is 10.6 Å². The number of carbonyl (C=O) groups excluding carboxylic acids is 2. The smallest absolute Gasteiger partial charge is 0.251 e. The molecule has 116 valence electrons. The van der Waals surface area contributed by atoms with Gasteiger partial charge in [0.05, 0.1) is 6.10 Å². The van der Waals surface area contributed by atoms with E-state index in [1.54, 1.807) is 31.2 Å². The maximum absolute atomic E-state index is 11.9. The number of carbonyl (C=O) groups is 2. The van der Waals surface area contributed by atoms with Gasteiger partial charge in [-0.3, -0.25) is 9.59 Å². The van der Waals surface area contributed by atoms with Gasteiger partial charge in [-0.05, 0) is 31.4 Å². The van der Waals surface area contributed by atoms with Crippen LogP contribution in [0, 0.1) is 5.92 Å². The summed E-state index contributed by atoms with van der Waals surface area (Å²) in [6, 6.07) is 8.14. The summed E-state index contributed by atoms with van der Waals surface area (Å²) >= 11 is 0. The van der Waals surface area contributed by atoms with Crippen LogP contribution in [0.15, 0.2) is 30.3 Å². The van der Waals surface area contributed by atoms with E-state index in [1.807, 2.05) is 19.9 Å². The van der Waals surface area contributed by atoms with Crippen LogP contribution in [-0.4, -0.2) is 35.6 Å². The molecule has 0 aliphatic carbocycles. The van der Waals surface area contributed by atoms with E-state index in [2.05, 4.69) is 10.6 Å². The van der Waals surface area contributed by atoms with Crippen molar-refractivity contribution in [3.05, 3.63) is 35.9 Å². The predicted molar refractivity (Wildman–Crippen MR) is 81.8 cm³/mol. The molecule has 1 rings (SSSR count). The first-order valence-corrected chi connectivity index (χ1v) is 7.23. The summed E-state index contributed by atoms with van der Waals surface area (Å²) in [4.78, 5) is 23.8. The maximum atomic E-state index is 11.9. The van der Waals surface area contributed by atoms with Gasteiger partial charge in [-0.25, -0.2) is 0 Å². The van der Waals surface area contributed by atoms with Crippen molar-refractivity contribution in [2.75, 3.05) is 6.54 Å². The molecular formula is C16H24N2O3. The zero-order valence-corrected chi connectivity index (χ0v) is 12.8. The number of amides is 2. The summed E-state index contributed by atoms with van der Waals surface area (Å²) < 4.78 is 0. The molecule has 2 unspecified atom stereocenters. The van der Waals surface area contributed by atoms with Crippen molar-refractivity contribution in [2.24, 2.45) is 5.92 Å². The van der Waals surface area contributed by atoms with Gasteiger partial charge in [0.25, 0.3) is 5.91 Å². The van der Waals surface area contributed by atoms with Crippen LogP contribution in [-0.2, 0) is 4.79 Å². The Morgan fingerprint density at radius 3 is 2.33 bits per heavy atom. The lowest BCUT2D eigenvalue weighted by Gasteiger charge is -2.17. The van der Waals surface area contributed by atoms with Crippen LogP contribution in [0.4, 0.5) is 0 Å². The Hall–Kier alpha value is -1.88. The minimum absolute atomic E-state index is 0.164. The second-order valence-electron chi connectivity index (χ2n) is 5.45. The molecule has 0 saturated carbocycles. The van der Waals surface area contributed by atoms with Crippen LogP contribution in [0.5, 0.6) is 0 Å². The molecule has 3 N–H and O–H groups in total. The van der Waals surface area contributed by atoms with Gasteiger partial charge in [-0.1, -0.05) is 32.0 Å². The first kappa shape index (κ1) is 17.2. The highest BCUT2D eigenvalue weighted by Gasteiger charge is 2.16. The number of aliphatic hydroxyl groups excluding tert-OH is 1. The second kappa shape index (κ2) is 8.42. The first-order valence-electron chi connectivity index (χ1n) is 7.23. The maximum Gasteiger partial charge on any atom is 0.251 e. The Bertz CT molecular complexity index is 460. The van der Waals surface area contributed by atoms with Gasteiger partial charge in [-0.2, -0.15) is 0 Å². The molecule has 0 aliphatic rings. The van der Waals surface area contributed by atoms with E-state index in [4.69, 9.17) is 0 Å². The Labute approximate surface area is 125 Å². The molecule has 21 heavy (non-hydrogen) atoms. The average Bonchev–Trinajstić information content (AvgIpc) is 2.47.